The van der Waals surface area contributed by atoms with Crippen LogP contribution < -0.4 is 9.47 Å². The van der Waals surface area contributed by atoms with Gasteiger partial charge in [0.15, 0.2) is 0 Å². The van der Waals surface area contributed by atoms with E-state index in [0.717, 1.165) is 16.7 Å². The summed E-state index contributed by atoms with van der Waals surface area (Å²) in [5, 5.41) is 0. The van der Waals surface area contributed by atoms with Crippen molar-refractivity contribution in [3.05, 3.63) is 22.8 Å². The van der Waals surface area contributed by atoms with Gasteiger partial charge in [-0.15, -0.1) is 0 Å². The number of hydrogen-bond acceptors (Lipinski definition) is 4. The Balaban J connectivity index is 3.20. The van der Waals surface area contributed by atoms with Crippen LogP contribution in [0.1, 0.15) is 44.4 Å². The first-order valence-electron chi connectivity index (χ1n) is 7.18. The molecule has 1 rings (SSSR count). The lowest BCUT2D eigenvalue weighted by Crippen LogP contribution is -2.30. The third-order valence-corrected chi connectivity index (χ3v) is 3.99. The van der Waals surface area contributed by atoms with Gasteiger partial charge in [-0.05, 0) is 71.2 Å². The number of hydrogen-bond donors (Lipinski definition) is 0. The number of halogens is 2. The van der Waals surface area contributed by atoms with Crippen LogP contribution in [0.15, 0.2) is 6.07 Å². The van der Waals surface area contributed by atoms with Gasteiger partial charge in [0.25, 0.3) is 0 Å². The Kier molecular flexibility index (Phi) is 6.08. The minimum absolute atomic E-state index is 0.380. The van der Waals surface area contributed by atoms with Crippen molar-refractivity contribution in [2.45, 2.75) is 57.1 Å². The summed E-state index contributed by atoms with van der Waals surface area (Å²) < 4.78 is 9.43. The number of benzene rings is 1. The predicted octanol–water partition coefficient (Wildman–Crippen LogP) is 4.77. The number of rotatable bonds is 4. The number of carbonyl (C=O) groups excluding carboxylic acids is 2. The van der Waals surface area contributed by atoms with Crippen molar-refractivity contribution in [3.8, 4) is 11.5 Å². The molecule has 0 fully saturated rings. The molecule has 0 aliphatic carbocycles. The second kappa shape index (κ2) is 6.93. The summed E-state index contributed by atoms with van der Waals surface area (Å²) in [4.78, 5) is 24.1. The van der Waals surface area contributed by atoms with E-state index < -0.39 is 8.65 Å². The maximum absolute atomic E-state index is 12.1. The summed E-state index contributed by atoms with van der Waals surface area (Å²) in [5.41, 5.74) is 2.26. The van der Waals surface area contributed by atoms with E-state index in [0.29, 0.717) is 11.5 Å². The highest BCUT2D eigenvalue weighted by atomic mass is 79.9. The second-order valence-corrected chi connectivity index (χ2v) is 10.5. The van der Waals surface area contributed by atoms with Crippen molar-refractivity contribution < 1.29 is 19.1 Å². The molecule has 0 radical (unpaired) electrons. The molecule has 0 atom stereocenters. The molecule has 0 N–H and O–H groups in total. The first-order chi connectivity index (χ1) is 10.2. The Morgan fingerprint density at radius 1 is 0.870 bits per heavy atom. The first kappa shape index (κ1) is 20.2. The summed E-state index contributed by atoms with van der Waals surface area (Å²) in [6.45, 7) is 12.4. The van der Waals surface area contributed by atoms with Crippen molar-refractivity contribution in [1.29, 1.82) is 0 Å². The molecule has 0 bridgehead atoms. The Hall–Kier alpha value is -0.880. The van der Waals surface area contributed by atoms with Crippen LogP contribution in [-0.4, -0.2) is 20.6 Å². The van der Waals surface area contributed by atoms with Crippen LogP contribution in [0.5, 0.6) is 11.5 Å². The monoisotopic (exact) mass is 448 g/mol. The van der Waals surface area contributed by atoms with Crippen molar-refractivity contribution in [3.63, 3.8) is 0 Å². The first-order valence-corrected chi connectivity index (χ1v) is 8.77. The minimum Gasteiger partial charge on any atom is -0.425 e. The molecule has 0 heterocycles. The summed E-state index contributed by atoms with van der Waals surface area (Å²) >= 11 is 6.57. The van der Waals surface area contributed by atoms with Crippen molar-refractivity contribution in [1.82, 2.24) is 0 Å². The van der Waals surface area contributed by atoms with Gasteiger partial charge in [-0.25, -0.2) is 0 Å². The van der Waals surface area contributed by atoms with Gasteiger partial charge in [0, 0.05) is 0 Å². The molecule has 1 aromatic carbocycles. The molecule has 23 heavy (non-hydrogen) atoms. The Morgan fingerprint density at radius 2 is 1.30 bits per heavy atom. The quantitative estimate of drug-likeness (QED) is 0.377. The lowest BCUT2D eigenvalue weighted by molar-refractivity contribution is -0.137. The van der Waals surface area contributed by atoms with Gasteiger partial charge >= 0.3 is 11.9 Å². The van der Waals surface area contributed by atoms with Crippen LogP contribution in [0.2, 0.25) is 0 Å². The zero-order chi connectivity index (χ0) is 18.2. The van der Waals surface area contributed by atoms with Crippen LogP contribution in [0.3, 0.4) is 0 Å². The Morgan fingerprint density at radius 3 is 1.74 bits per heavy atom. The van der Waals surface area contributed by atoms with E-state index in [9.17, 15) is 9.59 Å². The largest absolute Gasteiger partial charge is 0.425 e. The van der Waals surface area contributed by atoms with Gasteiger partial charge in [0.2, 0.25) is 0 Å². The molecule has 0 amide bonds. The van der Waals surface area contributed by atoms with E-state index in [2.05, 4.69) is 31.9 Å². The van der Waals surface area contributed by atoms with Crippen LogP contribution in [-0.2, 0) is 9.59 Å². The van der Waals surface area contributed by atoms with E-state index in [1.807, 2.05) is 20.8 Å². The number of carbonyl (C=O) groups is 2. The average molecular weight is 450 g/mol. The number of esters is 2. The summed E-state index contributed by atoms with van der Waals surface area (Å²) in [5.74, 6) is 0.202. The molecule has 6 heteroatoms. The molecule has 0 aliphatic rings. The van der Waals surface area contributed by atoms with E-state index in [-0.39, 0.29) is 11.9 Å². The zero-order valence-corrected chi connectivity index (χ0v) is 17.6. The van der Waals surface area contributed by atoms with Gasteiger partial charge < -0.3 is 9.47 Å². The zero-order valence-electron chi connectivity index (χ0n) is 14.5. The van der Waals surface area contributed by atoms with Gasteiger partial charge in [-0.1, -0.05) is 31.9 Å². The minimum atomic E-state index is -0.773. The fourth-order valence-electron chi connectivity index (χ4n) is 1.72. The molecule has 0 saturated heterocycles. The average Bonchev–Trinajstić information content (AvgIpc) is 2.38. The number of aryl methyl sites for hydroxylation is 1. The highest BCUT2D eigenvalue weighted by Gasteiger charge is 2.29. The summed E-state index contributed by atoms with van der Waals surface area (Å²) in [6.07, 6.45) is 0. The maximum Gasteiger partial charge on any atom is 0.327 e. The van der Waals surface area contributed by atoms with Crippen LogP contribution in [0.4, 0.5) is 0 Å². The third kappa shape index (κ3) is 5.05. The molecule has 4 nitrogen and oxygen atoms in total. The molecule has 128 valence electrons. The second-order valence-electron chi connectivity index (χ2n) is 6.49. The molecular weight excluding hydrogens is 428 g/mol. The van der Waals surface area contributed by atoms with E-state index in [1.165, 1.54) is 0 Å². The SMILES string of the molecule is Cc1cc(OC(=O)C(C)(C)Br)c(C)c(C)c1OC(=O)C(C)(C)Br. The third-order valence-electron chi connectivity index (χ3n) is 3.35. The molecule has 0 spiro atoms. The van der Waals surface area contributed by atoms with E-state index in [4.69, 9.17) is 9.47 Å². The van der Waals surface area contributed by atoms with Crippen molar-refractivity contribution in [2.24, 2.45) is 0 Å². The van der Waals surface area contributed by atoms with Crippen molar-refractivity contribution >= 4 is 43.8 Å². The number of alkyl halides is 2. The lowest BCUT2D eigenvalue weighted by Gasteiger charge is -2.21. The standard InChI is InChI=1S/C17H22Br2O4/c1-9-8-12(22-14(20)16(4,5)18)10(2)11(3)13(9)23-15(21)17(6,7)19/h8H,1-7H3. The molecular formula is C17H22Br2O4. The molecule has 0 saturated carbocycles. The maximum atomic E-state index is 12.1. The molecule has 0 aliphatic heterocycles. The van der Waals surface area contributed by atoms with Crippen LogP contribution >= 0.6 is 31.9 Å². The normalized spacial score (nSPS) is 12.0. The molecule has 0 aromatic heterocycles. The van der Waals surface area contributed by atoms with E-state index >= 15 is 0 Å². The fourth-order valence-corrected chi connectivity index (χ4v) is 1.88. The van der Waals surface area contributed by atoms with Gasteiger partial charge in [-0.2, -0.15) is 0 Å². The van der Waals surface area contributed by atoms with Crippen LogP contribution in [0, 0.1) is 20.8 Å². The van der Waals surface area contributed by atoms with Gasteiger partial charge in [-0.3, -0.25) is 9.59 Å². The molecule has 1 aromatic rings. The predicted molar refractivity (Wildman–Crippen MR) is 97.9 cm³/mol. The topological polar surface area (TPSA) is 52.6 Å². The smallest absolute Gasteiger partial charge is 0.327 e. The number of ether oxygens (including phenoxy) is 2. The highest BCUT2D eigenvalue weighted by molar-refractivity contribution is 9.10. The molecule has 0 unspecified atom stereocenters. The Labute approximate surface area is 154 Å². The van der Waals surface area contributed by atoms with Gasteiger partial charge in [0.1, 0.15) is 20.1 Å². The summed E-state index contributed by atoms with van der Waals surface area (Å²) in [6, 6.07) is 1.71. The van der Waals surface area contributed by atoms with Crippen molar-refractivity contribution in [2.75, 3.05) is 0 Å². The summed E-state index contributed by atoms with van der Waals surface area (Å²) in [7, 11) is 0. The highest BCUT2D eigenvalue weighted by Crippen LogP contribution is 2.35. The van der Waals surface area contributed by atoms with Crippen LogP contribution in [0.25, 0.3) is 0 Å². The lowest BCUT2D eigenvalue weighted by atomic mass is 10.0. The van der Waals surface area contributed by atoms with Gasteiger partial charge in [0.05, 0.1) is 0 Å². The fraction of sp³-hybridized carbons (Fsp3) is 0.529. The Bertz CT molecular complexity index is 637. The van der Waals surface area contributed by atoms with E-state index in [1.54, 1.807) is 33.8 Å².